The van der Waals surface area contributed by atoms with E-state index in [-0.39, 0.29) is 0 Å². The lowest BCUT2D eigenvalue weighted by Crippen LogP contribution is -2.31. The Morgan fingerprint density at radius 3 is 1.85 bits per heavy atom. The summed E-state index contributed by atoms with van der Waals surface area (Å²) in [6.07, 6.45) is 0. The maximum atomic E-state index is 6.78. The van der Waals surface area contributed by atoms with E-state index in [1.165, 1.54) is 82.9 Å². The molecule has 59 heavy (non-hydrogen) atoms. The molecule has 2 aliphatic carbocycles. The fraction of sp³-hybridized carbons (Fsp3) is 0.0175. The van der Waals surface area contributed by atoms with E-state index < -0.39 is 5.41 Å². The summed E-state index contributed by atoms with van der Waals surface area (Å²) in [5, 5.41) is 7.19. The summed E-state index contributed by atoms with van der Waals surface area (Å²) in [7, 11) is 0. The molecule has 0 amide bonds. The zero-order valence-electron chi connectivity index (χ0n) is 31.8. The number of fused-ring (bicyclic) bond motifs is 14. The first-order chi connectivity index (χ1) is 29.3. The molecule has 2 heteroatoms. The fourth-order valence-electron chi connectivity index (χ4n) is 11.2. The van der Waals surface area contributed by atoms with Crippen LogP contribution in [0.4, 0.5) is 0 Å². The van der Waals surface area contributed by atoms with Crippen molar-refractivity contribution in [2.24, 2.45) is 0 Å². The van der Waals surface area contributed by atoms with Gasteiger partial charge in [-0.3, -0.25) is 0 Å². The average Bonchev–Trinajstić information content (AvgIpc) is 3.82. The standard InChI is InChI=1S/C57H32O2/c1-4-20-46-38(13-1)41-17-7-11-33-12-8-22-48(54(33)41)57(46)47-21-5-2-15-43(47)55-37(16-10-23-49(55)57)35-26-29-52-45(32-35)42-19-9-18-40-36(27-30-53(59-52)56(40)42)34-25-28-51-44(31-34)39-14-3-6-24-50(39)58-51/h1-32H. The third-order valence-corrected chi connectivity index (χ3v) is 13.5. The molecule has 1 aromatic heterocycles. The molecule has 3 aliphatic rings. The van der Waals surface area contributed by atoms with E-state index in [1.807, 2.05) is 12.1 Å². The SMILES string of the molecule is c1ccc2c(c1)-c1c(-c3ccc4c(c3)-c3cccc5c(-c6ccc7oc8ccccc8c7c6)ccc(c35)O4)cccc1C21c2ccccc2-c2cccc3cccc1c23. The Hall–Kier alpha value is -7.68. The Morgan fingerprint density at radius 1 is 0.322 bits per heavy atom. The third-order valence-electron chi connectivity index (χ3n) is 13.5. The van der Waals surface area contributed by atoms with E-state index in [2.05, 4.69) is 182 Å². The Kier molecular flexibility index (Phi) is 5.99. The van der Waals surface area contributed by atoms with Crippen LogP contribution in [0.1, 0.15) is 22.3 Å². The topological polar surface area (TPSA) is 22.4 Å². The Bertz CT molecular complexity index is 3650. The molecule has 272 valence electrons. The van der Waals surface area contributed by atoms with Gasteiger partial charge in [-0.05, 0) is 125 Å². The number of para-hydroxylation sites is 1. The van der Waals surface area contributed by atoms with E-state index in [9.17, 15) is 0 Å². The zero-order chi connectivity index (χ0) is 38.4. The lowest BCUT2D eigenvalue weighted by Gasteiger charge is -2.40. The van der Waals surface area contributed by atoms with Gasteiger partial charge in [-0.1, -0.05) is 158 Å². The van der Waals surface area contributed by atoms with Crippen molar-refractivity contribution in [2.75, 3.05) is 0 Å². The summed E-state index contributed by atoms with van der Waals surface area (Å²) < 4.78 is 13.0. The molecule has 1 unspecified atom stereocenters. The van der Waals surface area contributed by atoms with Crippen molar-refractivity contribution in [1.82, 2.24) is 0 Å². The van der Waals surface area contributed by atoms with Crippen LogP contribution in [-0.4, -0.2) is 0 Å². The molecule has 0 radical (unpaired) electrons. The summed E-state index contributed by atoms with van der Waals surface area (Å²) >= 11 is 0. The number of ether oxygens (including phenoxy) is 1. The molecule has 2 heterocycles. The summed E-state index contributed by atoms with van der Waals surface area (Å²) in [4.78, 5) is 0. The van der Waals surface area contributed by atoms with Gasteiger partial charge in [0, 0.05) is 21.7 Å². The molecule has 10 aromatic carbocycles. The molecular weight excluding hydrogens is 717 g/mol. The molecular formula is C57H32O2. The van der Waals surface area contributed by atoms with Gasteiger partial charge in [0.05, 0.1) is 5.41 Å². The van der Waals surface area contributed by atoms with Gasteiger partial charge in [-0.25, -0.2) is 0 Å². The molecule has 0 saturated carbocycles. The molecule has 14 rings (SSSR count). The minimum absolute atomic E-state index is 0.462. The summed E-state index contributed by atoms with van der Waals surface area (Å²) in [6.45, 7) is 0. The van der Waals surface area contributed by atoms with Crippen LogP contribution in [0.3, 0.4) is 0 Å². The van der Waals surface area contributed by atoms with Crippen molar-refractivity contribution in [3.05, 3.63) is 216 Å². The molecule has 0 saturated heterocycles. The monoisotopic (exact) mass is 748 g/mol. The van der Waals surface area contributed by atoms with Gasteiger partial charge in [-0.15, -0.1) is 0 Å². The molecule has 1 atom stereocenters. The second-order valence-corrected chi connectivity index (χ2v) is 16.2. The number of hydrogen-bond donors (Lipinski definition) is 0. The van der Waals surface area contributed by atoms with Crippen LogP contribution in [-0.2, 0) is 5.41 Å². The first-order valence-electron chi connectivity index (χ1n) is 20.4. The van der Waals surface area contributed by atoms with Crippen molar-refractivity contribution in [3.63, 3.8) is 0 Å². The molecule has 2 nitrogen and oxygen atoms in total. The van der Waals surface area contributed by atoms with E-state index in [0.29, 0.717) is 0 Å². The summed E-state index contributed by atoms with van der Waals surface area (Å²) in [5.74, 6) is 1.76. The second kappa shape index (κ2) is 11.2. The molecule has 1 aliphatic heterocycles. The first-order valence-corrected chi connectivity index (χ1v) is 20.4. The van der Waals surface area contributed by atoms with Crippen LogP contribution in [0.15, 0.2) is 199 Å². The van der Waals surface area contributed by atoms with Crippen molar-refractivity contribution >= 4 is 43.5 Å². The van der Waals surface area contributed by atoms with Gasteiger partial charge < -0.3 is 9.15 Å². The Morgan fingerprint density at radius 2 is 0.932 bits per heavy atom. The van der Waals surface area contributed by atoms with Crippen LogP contribution in [0.5, 0.6) is 11.5 Å². The third kappa shape index (κ3) is 3.96. The summed E-state index contributed by atoms with van der Waals surface area (Å²) in [5.41, 5.74) is 18.9. The largest absolute Gasteiger partial charge is 0.456 e. The summed E-state index contributed by atoms with van der Waals surface area (Å²) in [6, 6.07) is 71.4. The van der Waals surface area contributed by atoms with E-state index in [0.717, 1.165) is 50.0 Å². The van der Waals surface area contributed by atoms with E-state index in [4.69, 9.17) is 9.15 Å². The maximum absolute atomic E-state index is 6.78. The van der Waals surface area contributed by atoms with Crippen LogP contribution in [0.2, 0.25) is 0 Å². The minimum Gasteiger partial charge on any atom is -0.456 e. The molecule has 0 N–H and O–H groups in total. The number of furan rings is 1. The predicted molar refractivity (Wildman–Crippen MR) is 241 cm³/mol. The highest BCUT2D eigenvalue weighted by Crippen LogP contribution is 2.63. The van der Waals surface area contributed by atoms with Gasteiger partial charge in [0.2, 0.25) is 0 Å². The fourth-order valence-corrected chi connectivity index (χ4v) is 11.2. The highest BCUT2D eigenvalue weighted by atomic mass is 16.5. The van der Waals surface area contributed by atoms with Gasteiger partial charge in [-0.2, -0.15) is 0 Å². The highest BCUT2D eigenvalue weighted by Gasteiger charge is 2.50. The molecule has 0 fully saturated rings. The maximum Gasteiger partial charge on any atom is 0.135 e. The number of hydrogen-bond acceptors (Lipinski definition) is 2. The molecule has 1 spiro atoms. The van der Waals surface area contributed by atoms with Gasteiger partial charge in [0.15, 0.2) is 0 Å². The van der Waals surface area contributed by atoms with Crippen LogP contribution >= 0.6 is 0 Å². The van der Waals surface area contributed by atoms with E-state index in [1.54, 1.807) is 0 Å². The number of rotatable bonds is 2. The van der Waals surface area contributed by atoms with Crippen LogP contribution < -0.4 is 4.74 Å². The van der Waals surface area contributed by atoms with Crippen molar-refractivity contribution in [3.8, 4) is 67.1 Å². The Balaban J connectivity index is 0.980. The van der Waals surface area contributed by atoms with Crippen molar-refractivity contribution in [2.45, 2.75) is 5.41 Å². The van der Waals surface area contributed by atoms with Gasteiger partial charge in [0.1, 0.15) is 22.7 Å². The second-order valence-electron chi connectivity index (χ2n) is 16.2. The van der Waals surface area contributed by atoms with Crippen LogP contribution in [0, 0.1) is 0 Å². The first kappa shape index (κ1) is 31.4. The Labute approximate surface area is 340 Å². The van der Waals surface area contributed by atoms with Crippen LogP contribution in [0.25, 0.3) is 99.1 Å². The average molecular weight is 749 g/mol. The van der Waals surface area contributed by atoms with Gasteiger partial charge >= 0.3 is 0 Å². The molecule has 11 aromatic rings. The van der Waals surface area contributed by atoms with Crippen molar-refractivity contribution in [1.29, 1.82) is 0 Å². The lowest BCUT2D eigenvalue weighted by atomic mass is 9.61. The number of benzene rings is 10. The zero-order valence-corrected chi connectivity index (χ0v) is 31.8. The highest BCUT2D eigenvalue weighted by molar-refractivity contribution is 6.13. The predicted octanol–water partition coefficient (Wildman–Crippen LogP) is 15.3. The quantitative estimate of drug-likeness (QED) is 0.176. The smallest absolute Gasteiger partial charge is 0.135 e. The van der Waals surface area contributed by atoms with Gasteiger partial charge in [0.25, 0.3) is 0 Å². The van der Waals surface area contributed by atoms with E-state index >= 15 is 0 Å². The molecule has 0 bridgehead atoms. The lowest BCUT2D eigenvalue weighted by molar-refractivity contribution is 0.487. The van der Waals surface area contributed by atoms with Crippen molar-refractivity contribution < 1.29 is 9.15 Å². The normalized spacial score (nSPS) is 15.3. The minimum atomic E-state index is -0.462.